The summed E-state index contributed by atoms with van der Waals surface area (Å²) in [7, 11) is -3.22. The van der Waals surface area contributed by atoms with Crippen LogP contribution in [0, 0.1) is 0 Å². The molecule has 6 nitrogen and oxygen atoms in total. The lowest BCUT2D eigenvalue weighted by Gasteiger charge is -2.05. The van der Waals surface area contributed by atoms with Crippen LogP contribution >= 0.6 is 31.3 Å². The first-order chi connectivity index (χ1) is 7.26. The molecule has 9 heteroatoms. The number of hydrazone groups is 1. The van der Waals surface area contributed by atoms with E-state index in [-0.39, 0.29) is 18.3 Å². The molecule has 3 N–H and O–H groups in total. The highest BCUT2D eigenvalue weighted by Gasteiger charge is 2.16. The van der Waals surface area contributed by atoms with Gasteiger partial charge in [-0.3, -0.25) is 9.99 Å². The van der Waals surface area contributed by atoms with E-state index in [0.29, 0.717) is 4.32 Å². The lowest BCUT2D eigenvalue weighted by atomic mass is 10.3. The molecule has 0 aromatic carbocycles. The van der Waals surface area contributed by atoms with E-state index in [1.807, 2.05) is 0 Å². The lowest BCUT2D eigenvalue weighted by Crippen LogP contribution is -2.21. The van der Waals surface area contributed by atoms with Crippen molar-refractivity contribution in [3.05, 3.63) is 0 Å². The summed E-state index contributed by atoms with van der Waals surface area (Å²) >= 11 is 5.98. The van der Waals surface area contributed by atoms with Crippen molar-refractivity contribution < 1.29 is 19.4 Å². The second-order valence-electron chi connectivity index (χ2n) is 2.99. The largest absolute Gasteiger partial charge is 0.477 e. The molecular formula is C7H13N2O4PS2. The van der Waals surface area contributed by atoms with Gasteiger partial charge in [0.2, 0.25) is 0 Å². The molecule has 92 valence electrons. The fourth-order valence-electron chi connectivity index (χ4n) is 0.683. The zero-order valence-corrected chi connectivity index (χ0v) is 11.4. The highest BCUT2D eigenvalue weighted by atomic mass is 32.2. The topological polar surface area (TPSA) is 99.0 Å². The molecule has 0 radical (unpaired) electrons. The maximum Gasteiger partial charge on any atom is 0.352 e. The summed E-state index contributed by atoms with van der Waals surface area (Å²) in [6.45, 7) is 1.17. The van der Waals surface area contributed by atoms with Gasteiger partial charge in [0.05, 0.1) is 0 Å². The maximum atomic E-state index is 11.0. The number of carbonyl (C=O) groups is 1. The van der Waals surface area contributed by atoms with Crippen LogP contribution in [0.2, 0.25) is 0 Å². The molecule has 0 aromatic rings. The molecule has 0 aliphatic carbocycles. The van der Waals surface area contributed by atoms with Gasteiger partial charge in [-0.1, -0.05) is 24.0 Å². The highest BCUT2D eigenvalue weighted by Crippen LogP contribution is 2.35. The van der Waals surface area contributed by atoms with Crippen molar-refractivity contribution in [1.29, 1.82) is 0 Å². The Morgan fingerprint density at radius 1 is 1.62 bits per heavy atom. The van der Waals surface area contributed by atoms with Gasteiger partial charge in [-0.2, -0.15) is 5.10 Å². The molecule has 0 saturated carbocycles. The van der Waals surface area contributed by atoms with Crippen molar-refractivity contribution in [3.8, 4) is 0 Å². The number of nitrogens with one attached hydrogen (secondary N) is 1. The molecule has 16 heavy (non-hydrogen) atoms. The van der Waals surface area contributed by atoms with Crippen LogP contribution in [-0.2, 0) is 9.36 Å². The fraction of sp³-hybridized carbons (Fsp3) is 0.571. The first-order valence-electron chi connectivity index (χ1n) is 4.19. The van der Waals surface area contributed by atoms with E-state index in [9.17, 15) is 9.36 Å². The van der Waals surface area contributed by atoms with Crippen LogP contribution in [0.3, 0.4) is 0 Å². The third-order valence-electron chi connectivity index (χ3n) is 1.48. The Morgan fingerprint density at radius 3 is 2.56 bits per heavy atom. The number of hydrogen-bond acceptors (Lipinski definition) is 5. The van der Waals surface area contributed by atoms with E-state index in [2.05, 4.69) is 10.5 Å². The fourth-order valence-corrected chi connectivity index (χ4v) is 1.49. The summed E-state index contributed by atoms with van der Waals surface area (Å²) in [6, 6.07) is 0. The normalized spacial score (nSPS) is 15.3. The standard InChI is InChI=1S/C7H13N2O4PS2/c1-14(12,13)4-3-5(6(10)11)8-9-7(15)16-2/h3-4H2,1-2H3,(H,9,15)(H,10,11)(H,12,13)/b8-5+. The highest BCUT2D eigenvalue weighted by molar-refractivity contribution is 8.22. The first kappa shape index (κ1) is 15.6. The molecule has 0 aliphatic rings. The van der Waals surface area contributed by atoms with Gasteiger partial charge in [-0.15, -0.1) is 0 Å². The average molecular weight is 284 g/mol. The summed E-state index contributed by atoms with van der Waals surface area (Å²) in [5, 5.41) is 12.3. The second kappa shape index (κ2) is 7.01. The number of nitrogens with zero attached hydrogens (tertiary/aromatic N) is 1. The number of carboxylic acid groups (broad SMARTS) is 1. The molecule has 0 rings (SSSR count). The van der Waals surface area contributed by atoms with Gasteiger partial charge in [0.1, 0.15) is 5.71 Å². The van der Waals surface area contributed by atoms with Gasteiger partial charge in [-0.25, -0.2) is 4.79 Å². The summed E-state index contributed by atoms with van der Waals surface area (Å²) in [4.78, 5) is 19.8. The smallest absolute Gasteiger partial charge is 0.352 e. The first-order valence-corrected chi connectivity index (χ1v) is 8.12. The van der Waals surface area contributed by atoms with Crippen LogP contribution in [0.5, 0.6) is 0 Å². The summed E-state index contributed by atoms with van der Waals surface area (Å²) < 4.78 is 11.3. The number of thioether (sulfide) groups is 1. The van der Waals surface area contributed by atoms with Crippen molar-refractivity contribution >= 4 is 47.4 Å². The molecule has 0 spiro atoms. The van der Waals surface area contributed by atoms with Crippen molar-refractivity contribution in [2.24, 2.45) is 5.10 Å². The van der Waals surface area contributed by atoms with Crippen molar-refractivity contribution in [2.75, 3.05) is 19.1 Å². The third-order valence-corrected chi connectivity index (χ3v) is 3.58. The summed E-state index contributed by atoms with van der Waals surface area (Å²) in [5.74, 6) is -1.23. The summed E-state index contributed by atoms with van der Waals surface area (Å²) in [6.07, 6.45) is 1.52. The van der Waals surface area contributed by atoms with E-state index < -0.39 is 13.3 Å². The Hall–Kier alpha value is -0.430. The van der Waals surface area contributed by atoms with Crippen LogP contribution in [0.4, 0.5) is 0 Å². The minimum atomic E-state index is -3.22. The van der Waals surface area contributed by atoms with Crippen molar-refractivity contribution in [3.63, 3.8) is 0 Å². The summed E-state index contributed by atoms with van der Waals surface area (Å²) in [5.41, 5.74) is 2.16. The minimum Gasteiger partial charge on any atom is -0.477 e. The number of hydrogen-bond donors (Lipinski definition) is 3. The monoisotopic (exact) mass is 284 g/mol. The maximum absolute atomic E-state index is 11.0. The van der Waals surface area contributed by atoms with E-state index in [0.717, 1.165) is 0 Å². The molecule has 0 bridgehead atoms. The predicted molar refractivity (Wildman–Crippen MR) is 69.6 cm³/mol. The number of aliphatic carboxylic acids is 1. The van der Waals surface area contributed by atoms with Crippen molar-refractivity contribution in [2.45, 2.75) is 6.42 Å². The van der Waals surface area contributed by atoms with Crippen LogP contribution in [-0.4, -0.2) is 45.1 Å². The molecule has 0 heterocycles. The Bertz CT molecular complexity index is 352. The number of thiocarbonyl (C=S) groups is 1. The quantitative estimate of drug-likeness (QED) is 0.299. The molecule has 0 amide bonds. The Kier molecular flexibility index (Phi) is 6.82. The molecular weight excluding hydrogens is 271 g/mol. The van der Waals surface area contributed by atoms with Crippen LogP contribution in [0.25, 0.3) is 0 Å². The number of carboxylic acids is 1. The third kappa shape index (κ3) is 7.81. The second-order valence-corrected chi connectivity index (χ2v) is 7.02. The van der Waals surface area contributed by atoms with Gasteiger partial charge in [-0.05, 0) is 6.26 Å². The zero-order valence-electron chi connectivity index (χ0n) is 8.84. The van der Waals surface area contributed by atoms with Gasteiger partial charge in [0, 0.05) is 19.2 Å². The molecule has 1 unspecified atom stereocenters. The lowest BCUT2D eigenvalue weighted by molar-refractivity contribution is -0.129. The Morgan fingerprint density at radius 2 is 2.19 bits per heavy atom. The van der Waals surface area contributed by atoms with Gasteiger partial charge in [0.25, 0.3) is 0 Å². The van der Waals surface area contributed by atoms with E-state index in [1.165, 1.54) is 18.4 Å². The molecule has 1 atom stereocenters. The van der Waals surface area contributed by atoms with Gasteiger partial charge < -0.3 is 10.00 Å². The molecule has 0 fully saturated rings. The molecule has 0 aliphatic heterocycles. The van der Waals surface area contributed by atoms with Crippen molar-refractivity contribution in [1.82, 2.24) is 5.43 Å². The van der Waals surface area contributed by atoms with Gasteiger partial charge >= 0.3 is 5.97 Å². The predicted octanol–water partition coefficient (Wildman–Crippen LogP) is 0.955. The van der Waals surface area contributed by atoms with Crippen LogP contribution < -0.4 is 5.43 Å². The van der Waals surface area contributed by atoms with Crippen LogP contribution in [0.15, 0.2) is 5.10 Å². The van der Waals surface area contributed by atoms with Gasteiger partial charge in [0.15, 0.2) is 11.7 Å². The van der Waals surface area contributed by atoms with Crippen LogP contribution in [0.1, 0.15) is 6.42 Å². The SMILES string of the molecule is CSC(=S)N/N=C(\CCP(C)(=O)O)C(=O)O. The molecule has 0 saturated heterocycles. The Labute approximate surface area is 103 Å². The van der Waals surface area contributed by atoms with E-state index in [4.69, 9.17) is 22.2 Å². The zero-order chi connectivity index (χ0) is 12.8. The van der Waals surface area contributed by atoms with E-state index in [1.54, 1.807) is 6.26 Å². The van der Waals surface area contributed by atoms with E-state index >= 15 is 0 Å². The molecule has 0 aromatic heterocycles. The minimum absolute atomic E-state index is 0.0798. The number of rotatable bonds is 5. The average Bonchev–Trinajstić information content (AvgIpc) is 2.14. The Balaban J connectivity index is 4.45.